The number of hydrogen-bond acceptors (Lipinski definition) is 0. The first-order valence-electron chi connectivity index (χ1n) is 13.8. The van der Waals surface area contributed by atoms with Crippen molar-refractivity contribution in [3.63, 3.8) is 0 Å². The topological polar surface area (TPSA) is 0 Å². The first-order chi connectivity index (χ1) is 13.8. The molecule has 0 radical (unpaired) electrons. The minimum Gasteiger partial charge on any atom is -0.0651 e. The van der Waals surface area contributed by atoms with E-state index in [0.29, 0.717) is 0 Å². The van der Waals surface area contributed by atoms with E-state index in [2.05, 4.69) is 41.5 Å². The van der Waals surface area contributed by atoms with Crippen molar-refractivity contribution in [1.29, 1.82) is 0 Å². The standard InChI is InChI=1S/C29H42/c1-7-17-20-15(4)21-22(20)29(17)16(5)24(8-2)12-27(24)13-26(27)11-19(26)23(6)10-18(23)25(9-3)14-28(21,25)29/h15-22H,7-14H2,1-6H3. The molecule has 0 N–H and O–H groups in total. The van der Waals surface area contributed by atoms with Crippen molar-refractivity contribution in [2.75, 3.05) is 0 Å². The van der Waals surface area contributed by atoms with Crippen molar-refractivity contribution in [2.24, 2.45) is 85.2 Å². The van der Waals surface area contributed by atoms with E-state index in [1.54, 1.807) is 32.1 Å². The predicted molar refractivity (Wildman–Crippen MR) is 116 cm³/mol. The van der Waals surface area contributed by atoms with Gasteiger partial charge in [0.15, 0.2) is 0 Å². The highest BCUT2D eigenvalue weighted by molar-refractivity contribution is 5.52. The Labute approximate surface area is 178 Å². The van der Waals surface area contributed by atoms with Crippen LogP contribution in [0.1, 0.15) is 92.9 Å². The lowest BCUT2D eigenvalue weighted by Gasteiger charge is -2.91. The van der Waals surface area contributed by atoms with Gasteiger partial charge < -0.3 is 0 Å². The van der Waals surface area contributed by atoms with Crippen LogP contribution in [0.15, 0.2) is 0 Å². The summed E-state index contributed by atoms with van der Waals surface area (Å²) in [7, 11) is 0. The molecule has 158 valence electrons. The van der Waals surface area contributed by atoms with Crippen LogP contribution in [-0.4, -0.2) is 0 Å². The van der Waals surface area contributed by atoms with Crippen molar-refractivity contribution < 1.29 is 0 Å². The minimum absolute atomic E-state index is 0.760. The second-order valence-corrected chi connectivity index (χ2v) is 14.9. The zero-order chi connectivity index (χ0) is 19.8. The molecule has 9 fully saturated rings. The summed E-state index contributed by atoms with van der Waals surface area (Å²) < 4.78 is 0. The lowest BCUT2D eigenvalue weighted by molar-refractivity contribution is -0.445. The van der Waals surface area contributed by atoms with Gasteiger partial charge in [0, 0.05) is 0 Å². The zero-order valence-corrected chi connectivity index (χ0v) is 19.8. The van der Waals surface area contributed by atoms with Gasteiger partial charge in [-0.25, -0.2) is 0 Å². The van der Waals surface area contributed by atoms with E-state index in [9.17, 15) is 0 Å². The fraction of sp³-hybridized carbons (Fsp3) is 1.00. The molecule has 15 unspecified atom stereocenters. The van der Waals surface area contributed by atoms with Crippen LogP contribution in [0.3, 0.4) is 0 Å². The lowest BCUT2D eigenvalue weighted by atomic mass is 9.13. The van der Waals surface area contributed by atoms with Gasteiger partial charge in [-0.05, 0) is 130 Å². The largest absolute Gasteiger partial charge is 0.0651 e. The van der Waals surface area contributed by atoms with E-state index < -0.39 is 0 Å². The van der Waals surface area contributed by atoms with Crippen molar-refractivity contribution in [1.82, 2.24) is 0 Å². The SMILES string of the molecule is CCC1C2C(C)C3C2C12C(C)C1(CC)CC14CC41CC1C1(C)CC1C1(CC)CC312. The quantitative estimate of drug-likeness (QED) is 0.478. The van der Waals surface area contributed by atoms with Gasteiger partial charge in [-0.2, -0.15) is 0 Å². The molecule has 0 saturated heterocycles. The summed E-state index contributed by atoms with van der Waals surface area (Å²) in [5.41, 5.74) is 5.58. The molecule has 0 aromatic heterocycles. The summed E-state index contributed by atoms with van der Waals surface area (Å²) in [6.45, 7) is 16.2. The second-order valence-electron chi connectivity index (χ2n) is 14.9. The maximum absolute atomic E-state index is 2.86. The Morgan fingerprint density at radius 3 is 2.28 bits per heavy atom. The average Bonchev–Trinajstić information content (AvgIpc) is 3.50. The van der Waals surface area contributed by atoms with Gasteiger partial charge in [0.2, 0.25) is 0 Å². The maximum Gasteiger partial charge on any atom is -0.0134 e. The van der Waals surface area contributed by atoms with Crippen LogP contribution in [0, 0.1) is 85.2 Å². The molecule has 0 heterocycles. The molecule has 0 amide bonds. The summed E-state index contributed by atoms with van der Waals surface area (Å²) in [5, 5.41) is 0. The molecule has 9 saturated carbocycles. The molecule has 15 atom stereocenters. The fourth-order valence-corrected chi connectivity index (χ4v) is 15.6. The lowest BCUT2D eigenvalue weighted by Crippen LogP contribution is -2.87. The molecule has 0 nitrogen and oxygen atoms in total. The van der Waals surface area contributed by atoms with Crippen LogP contribution >= 0.6 is 0 Å². The minimum atomic E-state index is 0.760. The van der Waals surface area contributed by atoms with Gasteiger partial charge in [-0.15, -0.1) is 0 Å². The van der Waals surface area contributed by atoms with E-state index in [1.807, 2.05) is 0 Å². The Balaban J connectivity index is 1.30. The molecule has 29 heavy (non-hydrogen) atoms. The van der Waals surface area contributed by atoms with E-state index in [-0.39, 0.29) is 0 Å². The summed E-state index contributed by atoms with van der Waals surface area (Å²) >= 11 is 0. The molecular weight excluding hydrogens is 348 g/mol. The van der Waals surface area contributed by atoms with Crippen LogP contribution in [-0.2, 0) is 0 Å². The van der Waals surface area contributed by atoms with E-state index in [4.69, 9.17) is 0 Å². The molecule has 9 rings (SSSR count). The summed E-state index contributed by atoms with van der Waals surface area (Å²) in [5.74, 6) is 8.89. The third kappa shape index (κ3) is 1.02. The third-order valence-electron chi connectivity index (χ3n) is 16.3. The second kappa shape index (κ2) is 3.73. The number of fused-ring (bicyclic) bond motifs is 3. The van der Waals surface area contributed by atoms with Gasteiger partial charge in [-0.1, -0.05) is 48.0 Å². The Bertz CT molecular complexity index is 919. The Morgan fingerprint density at radius 1 is 0.828 bits per heavy atom. The van der Waals surface area contributed by atoms with Gasteiger partial charge in [0.05, 0.1) is 0 Å². The molecule has 9 aliphatic rings. The Morgan fingerprint density at radius 2 is 1.59 bits per heavy atom. The fourth-order valence-electron chi connectivity index (χ4n) is 15.6. The highest BCUT2D eigenvalue weighted by atomic mass is 15.1. The highest BCUT2D eigenvalue weighted by Gasteiger charge is 3.05. The van der Waals surface area contributed by atoms with Crippen LogP contribution in [0.5, 0.6) is 0 Å². The van der Waals surface area contributed by atoms with Crippen LogP contribution in [0.2, 0.25) is 0 Å². The van der Waals surface area contributed by atoms with Crippen molar-refractivity contribution in [3.8, 4) is 0 Å². The Kier molecular flexibility index (Phi) is 2.13. The average molecular weight is 391 g/mol. The van der Waals surface area contributed by atoms with E-state index in [0.717, 1.165) is 79.3 Å². The summed E-state index contributed by atoms with van der Waals surface area (Å²) in [4.78, 5) is 0. The molecule has 0 aliphatic heterocycles. The first-order valence-corrected chi connectivity index (χ1v) is 13.8. The molecule has 4 spiro atoms. The van der Waals surface area contributed by atoms with Gasteiger partial charge in [-0.3, -0.25) is 0 Å². The number of hydrogen-bond donors (Lipinski definition) is 0. The first kappa shape index (κ1) is 16.6. The van der Waals surface area contributed by atoms with Crippen LogP contribution < -0.4 is 0 Å². The van der Waals surface area contributed by atoms with Crippen molar-refractivity contribution >= 4 is 0 Å². The molecule has 0 aromatic rings. The highest BCUT2D eigenvalue weighted by Crippen LogP contribution is 3.10. The van der Waals surface area contributed by atoms with Crippen LogP contribution in [0.25, 0.3) is 0 Å². The third-order valence-corrected chi connectivity index (χ3v) is 16.3. The molecule has 0 bridgehead atoms. The maximum atomic E-state index is 2.86. The van der Waals surface area contributed by atoms with E-state index in [1.165, 1.54) is 25.2 Å². The number of rotatable bonds is 3. The van der Waals surface area contributed by atoms with Crippen LogP contribution in [0.4, 0.5) is 0 Å². The zero-order valence-electron chi connectivity index (χ0n) is 19.8. The van der Waals surface area contributed by atoms with Gasteiger partial charge >= 0.3 is 0 Å². The smallest absolute Gasteiger partial charge is 0.0134 e. The molecule has 0 aromatic carbocycles. The van der Waals surface area contributed by atoms with Gasteiger partial charge in [0.1, 0.15) is 0 Å². The molecule has 9 aliphatic carbocycles. The monoisotopic (exact) mass is 390 g/mol. The normalized spacial score (nSPS) is 82.1. The Hall–Kier alpha value is 0. The van der Waals surface area contributed by atoms with E-state index >= 15 is 0 Å². The summed E-state index contributed by atoms with van der Waals surface area (Å²) in [6, 6.07) is 0. The summed E-state index contributed by atoms with van der Waals surface area (Å²) in [6.07, 6.45) is 12.8. The molecule has 0 heteroatoms. The predicted octanol–water partition coefficient (Wildman–Crippen LogP) is 7.18. The van der Waals surface area contributed by atoms with Gasteiger partial charge in [0.25, 0.3) is 0 Å². The molecular formula is C29H42. The van der Waals surface area contributed by atoms with Crippen molar-refractivity contribution in [3.05, 3.63) is 0 Å². The van der Waals surface area contributed by atoms with Crippen molar-refractivity contribution in [2.45, 2.75) is 92.9 Å².